The normalized spacial score (nSPS) is 15.8. The zero-order chi connectivity index (χ0) is 24.4. The maximum absolute atomic E-state index is 13.0. The van der Waals surface area contributed by atoms with Gasteiger partial charge in [-0.05, 0) is 25.2 Å². The molecule has 0 aliphatic rings. The summed E-state index contributed by atoms with van der Waals surface area (Å²) >= 11 is 0. The van der Waals surface area contributed by atoms with Crippen LogP contribution in [0.25, 0.3) is 0 Å². The van der Waals surface area contributed by atoms with Crippen molar-refractivity contribution in [1.29, 1.82) is 0 Å². The molecular formula is C21H36N6O5. The Bertz CT molecular complexity index is 765. The number of carboxylic acids is 1. The molecule has 11 heteroatoms. The number of nitrogens with zero attached hydrogens (tertiary/aromatic N) is 1. The van der Waals surface area contributed by atoms with Crippen LogP contribution in [0.1, 0.15) is 53.2 Å². The zero-order valence-corrected chi connectivity index (χ0v) is 19.3. The van der Waals surface area contributed by atoms with Gasteiger partial charge >= 0.3 is 5.97 Å². The second-order valence-corrected chi connectivity index (χ2v) is 8.53. The van der Waals surface area contributed by atoms with Gasteiger partial charge in [-0.25, -0.2) is 9.78 Å². The number of aromatic nitrogens is 2. The average Bonchev–Trinajstić information content (AvgIpc) is 3.22. The Balaban J connectivity index is 3.07. The summed E-state index contributed by atoms with van der Waals surface area (Å²) in [6.07, 6.45) is 3.91. The van der Waals surface area contributed by atoms with E-state index >= 15 is 0 Å². The van der Waals surface area contributed by atoms with Crippen molar-refractivity contribution in [3.8, 4) is 0 Å². The third-order valence-electron chi connectivity index (χ3n) is 5.14. The summed E-state index contributed by atoms with van der Waals surface area (Å²) in [6.45, 7) is 8.86. The molecule has 0 saturated carbocycles. The Morgan fingerprint density at radius 3 is 2.09 bits per heavy atom. The van der Waals surface area contributed by atoms with Crippen LogP contribution in [0.15, 0.2) is 12.5 Å². The quantitative estimate of drug-likeness (QED) is 0.242. The van der Waals surface area contributed by atoms with E-state index < -0.39 is 47.9 Å². The van der Waals surface area contributed by atoms with Gasteiger partial charge in [-0.2, -0.15) is 0 Å². The van der Waals surface area contributed by atoms with Crippen molar-refractivity contribution in [3.63, 3.8) is 0 Å². The molecule has 32 heavy (non-hydrogen) atoms. The van der Waals surface area contributed by atoms with Crippen molar-refractivity contribution in [1.82, 2.24) is 25.9 Å². The van der Waals surface area contributed by atoms with Crippen molar-refractivity contribution in [3.05, 3.63) is 18.2 Å². The fourth-order valence-electron chi connectivity index (χ4n) is 3.04. The molecule has 0 aliphatic heterocycles. The second kappa shape index (κ2) is 12.8. The summed E-state index contributed by atoms with van der Waals surface area (Å²) in [7, 11) is 0. The molecule has 1 aromatic heterocycles. The van der Waals surface area contributed by atoms with E-state index in [0.29, 0.717) is 18.5 Å². The van der Waals surface area contributed by atoms with Gasteiger partial charge in [0, 0.05) is 18.3 Å². The van der Waals surface area contributed by atoms with Gasteiger partial charge in [0.15, 0.2) is 0 Å². The van der Waals surface area contributed by atoms with E-state index in [1.807, 2.05) is 20.8 Å². The molecular weight excluding hydrogens is 416 g/mol. The smallest absolute Gasteiger partial charge is 0.326 e. The highest BCUT2D eigenvalue weighted by atomic mass is 16.4. The molecule has 5 atom stereocenters. The molecule has 0 aliphatic carbocycles. The molecule has 1 aromatic rings. The maximum Gasteiger partial charge on any atom is 0.326 e. The predicted octanol–water partition coefficient (Wildman–Crippen LogP) is -0.0694. The van der Waals surface area contributed by atoms with Crippen LogP contribution in [0.5, 0.6) is 0 Å². The lowest BCUT2D eigenvalue weighted by molar-refractivity contribution is -0.143. The minimum absolute atomic E-state index is 0.0695. The molecule has 7 N–H and O–H groups in total. The van der Waals surface area contributed by atoms with E-state index in [-0.39, 0.29) is 18.3 Å². The zero-order valence-electron chi connectivity index (χ0n) is 19.3. The highest BCUT2D eigenvalue weighted by Crippen LogP contribution is 2.10. The number of aromatic amines is 1. The lowest BCUT2D eigenvalue weighted by atomic mass is 9.98. The molecule has 0 saturated heterocycles. The summed E-state index contributed by atoms with van der Waals surface area (Å²) in [4.78, 5) is 56.5. The first-order valence-corrected chi connectivity index (χ1v) is 10.8. The highest BCUT2D eigenvalue weighted by molar-refractivity contribution is 5.94. The van der Waals surface area contributed by atoms with Crippen LogP contribution < -0.4 is 21.7 Å². The number of H-pyrrole nitrogens is 1. The Morgan fingerprint density at radius 2 is 1.62 bits per heavy atom. The van der Waals surface area contributed by atoms with Crippen LogP contribution in [0, 0.1) is 11.8 Å². The third kappa shape index (κ3) is 8.66. The first-order valence-electron chi connectivity index (χ1n) is 10.8. The number of carboxylic acid groups (broad SMARTS) is 1. The number of nitrogens with one attached hydrogen (secondary N) is 4. The van der Waals surface area contributed by atoms with Gasteiger partial charge in [0.25, 0.3) is 0 Å². The summed E-state index contributed by atoms with van der Waals surface area (Å²) in [5, 5.41) is 17.3. The first kappa shape index (κ1) is 27.1. The van der Waals surface area contributed by atoms with Crippen LogP contribution in [0.3, 0.4) is 0 Å². The van der Waals surface area contributed by atoms with Gasteiger partial charge < -0.3 is 31.8 Å². The third-order valence-corrected chi connectivity index (χ3v) is 5.14. The van der Waals surface area contributed by atoms with Crippen molar-refractivity contribution < 1.29 is 24.3 Å². The van der Waals surface area contributed by atoms with Crippen LogP contribution in [-0.4, -0.2) is 62.9 Å². The lowest BCUT2D eigenvalue weighted by Crippen LogP contribution is -2.58. The summed E-state index contributed by atoms with van der Waals surface area (Å²) in [5.74, 6) is -3.05. The Hall–Kier alpha value is -2.95. The molecule has 0 spiro atoms. The van der Waals surface area contributed by atoms with E-state index in [4.69, 9.17) is 5.73 Å². The van der Waals surface area contributed by atoms with Crippen LogP contribution in [-0.2, 0) is 25.6 Å². The number of carbonyl (C=O) groups is 4. The van der Waals surface area contributed by atoms with Crippen LogP contribution in [0.2, 0.25) is 0 Å². The van der Waals surface area contributed by atoms with E-state index in [1.54, 1.807) is 6.92 Å². The molecule has 3 amide bonds. The lowest BCUT2D eigenvalue weighted by Gasteiger charge is -2.26. The Kier molecular flexibility index (Phi) is 10.8. The molecule has 1 heterocycles. The number of amides is 3. The minimum Gasteiger partial charge on any atom is -0.480 e. The van der Waals surface area contributed by atoms with Crippen molar-refractivity contribution in [2.24, 2.45) is 17.6 Å². The summed E-state index contributed by atoms with van der Waals surface area (Å²) in [5.41, 5.74) is 6.19. The summed E-state index contributed by atoms with van der Waals surface area (Å²) < 4.78 is 0. The van der Waals surface area contributed by atoms with Gasteiger partial charge in [-0.1, -0.05) is 34.1 Å². The fraction of sp³-hybridized carbons (Fsp3) is 0.667. The molecule has 0 fully saturated rings. The molecule has 0 radical (unpaired) electrons. The van der Waals surface area contributed by atoms with Crippen molar-refractivity contribution >= 4 is 23.7 Å². The SMILES string of the molecule is CCC(C)C(NC(=O)C(Cc1cnc[nH]1)NC(=O)C(CC(C)C)NC(=O)C(C)N)C(=O)O. The van der Waals surface area contributed by atoms with E-state index in [9.17, 15) is 24.3 Å². The van der Waals surface area contributed by atoms with Gasteiger partial charge in [0.05, 0.1) is 12.4 Å². The monoisotopic (exact) mass is 452 g/mol. The fourth-order valence-corrected chi connectivity index (χ4v) is 3.04. The number of hydrogen-bond acceptors (Lipinski definition) is 6. The van der Waals surface area contributed by atoms with Crippen molar-refractivity contribution in [2.75, 3.05) is 0 Å². The molecule has 1 rings (SSSR count). The Labute approximate surface area is 188 Å². The molecule has 0 bridgehead atoms. The number of carbonyl (C=O) groups excluding carboxylic acids is 3. The van der Waals surface area contributed by atoms with Crippen LogP contribution in [0.4, 0.5) is 0 Å². The average molecular weight is 453 g/mol. The number of nitrogens with two attached hydrogens (primary N) is 1. The number of hydrogen-bond donors (Lipinski definition) is 6. The van der Waals surface area contributed by atoms with E-state index in [2.05, 4.69) is 25.9 Å². The largest absolute Gasteiger partial charge is 0.480 e. The van der Waals surface area contributed by atoms with Crippen molar-refractivity contribution in [2.45, 2.75) is 78.0 Å². The standard InChI is InChI=1S/C21H36N6O5/c1-6-12(4)17(21(31)32)27-20(30)16(8-14-9-23-10-24-14)26-19(29)15(7-11(2)3)25-18(28)13(5)22/h9-13,15-17H,6-8,22H2,1-5H3,(H,23,24)(H,25,28)(H,26,29)(H,27,30)(H,31,32). The van der Waals surface area contributed by atoms with Crippen LogP contribution >= 0.6 is 0 Å². The molecule has 180 valence electrons. The number of rotatable bonds is 13. The number of aliphatic carboxylic acids is 1. The van der Waals surface area contributed by atoms with Gasteiger partial charge in [0.2, 0.25) is 17.7 Å². The van der Waals surface area contributed by atoms with Gasteiger partial charge in [-0.3, -0.25) is 14.4 Å². The highest BCUT2D eigenvalue weighted by Gasteiger charge is 2.32. The van der Waals surface area contributed by atoms with Gasteiger partial charge in [-0.15, -0.1) is 0 Å². The second-order valence-electron chi connectivity index (χ2n) is 8.53. The number of imidazole rings is 1. The van der Waals surface area contributed by atoms with Gasteiger partial charge in [0.1, 0.15) is 18.1 Å². The molecule has 5 unspecified atom stereocenters. The molecule has 0 aromatic carbocycles. The first-order chi connectivity index (χ1) is 15.0. The predicted molar refractivity (Wildman–Crippen MR) is 118 cm³/mol. The topological polar surface area (TPSA) is 179 Å². The van der Waals surface area contributed by atoms with E-state index in [0.717, 1.165) is 0 Å². The molecule has 11 nitrogen and oxygen atoms in total. The maximum atomic E-state index is 13.0. The minimum atomic E-state index is -1.15. The summed E-state index contributed by atoms with van der Waals surface area (Å²) in [6, 6.07) is -3.86. The van der Waals surface area contributed by atoms with E-state index in [1.165, 1.54) is 19.4 Å². The Morgan fingerprint density at radius 1 is 1.03 bits per heavy atom.